The third-order valence-corrected chi connectivity index (χ3v) is 13.8. The fourth-order valence-corrected chi connectivity index (χ4v) is 9.87. The van der Waals surface area contributed by atoms with Gasteiger partial charge in [0.05, 0.1) is 11.4 Å². The van der Waals surface area contributed by atoms with E-state index in [0.29, 0.717) is 35.6 Å². The molecule has 0 radical (unpaired) electrons. The van der Waals surface area contributed by atoms with Crippen molar-refractivity contribution < 1.29 is 0 Å². The van der Waals surface area contributed by atoms with Gasteiger partial charge in [-0.3, -0.25) is 0 Å². The molecule has 0 bridgehead atoms. The molecule has 0 saturated carbocycles. The topological polar surface area (TPSA) is 63.4 Å². The molecule has 1 aliphatic heterocycles. The zero-order chi connectivity index (χ0) is 48.8. The van der Waals surface area contributed by atoms with Crippen LogP contribution in [-0.2, 0) is 0 Å². The maximum Gasteiger partial charge on any atom is 0.164 e. The van der Waals surface area contributed by atoms with Gasteiger partial charge in [-0.2, -0.15) is 0 Å². The maximum absolute atomic E-state index is 5.35. The normalized spacial score (nSPS) is 15.3. The van der Waals surface area contributed by atoms with Crippen LogP contribution in [0.5, 0.6) is 0 Å². The van der Waals surface area contributed by atoms with Gasteiger partial charge in [0.15, 0.2) is 23.3 Å². The third kappa shape index (κ3) is 10.1. The van der Waals surface area contributed by atoms with Crippen LogP contribution in [-0.4, -0.2) is 26.5 Å². The summed E-state index contributed by atoms with van der Waals surface area (Å²) in [4.78, 5) is 25.8. The summed E-state index contributed by atoms with van der Waals surface area (Å²) < 4.78 is 0. The standard InChI is InChI=1S/C68H51N5/c1-6-19-47(20-7-1)49-35-37-53(38-36-49)67-71-66(52-27-14-5-15-28-52)72-68(73-67)59-34-18-32-57(43-59)55-30-16-29-54(41-55)56-31-17-33-58(42-56)61-44-60(48-21-8-2-9-22-48)45-62(46-61)64-40-39-63(50-23-10-3-11-24-50)69-65(70-64)51-25-12-4-13-26-51/h1-4,6-14,16-35,37-39,41-46,49H,5,15,36,40H2. The van der Waals surface area contributed by atoms with Crippen molar-refractivity contribution in [1.82, 2.24) is 15.0 Å². The molecule has 12 rings (SSSR count). The van der Waals surface area contributed by atoms with E-state index in [2.05, 4.69) is 231 Å². The molecule has 1 aromatic heterocycles. The molecule has 0 N–H and O–H groups in total. The summed E-state index contributed by atoms with van der Waals surface area (Å²) >= 11 is 0. The van der Waals surface area contributed by atoms with Crippen molar-refractivity contribution >= 4 is 28.4 Å². The lowest BCUT2D eigenvalue weighted by molar-refractivity contribution is 0.853. The van der Waals surface area contributed by atoms with E-state index in [1.54, 1.807) is 0 Å². The van der Waals surface area contributed by atoms with Gasteiger partial charge in [0, 0.05) is 34.6 Å². The Morgan fingerprint density at radius 2 is 0.822 bits per heavy atom. The molecule has 0 spiro atoms. The van der Waals surface area contributed by atoms with Crippen LogP contribution in [0.4, 0.5) is 0 Å². The molecule has 0 fully saturated rings. The van der Waals surface area contributed by atoms with E-state index in [0.717, 1.165) is 109 Å². The highest BCUT2D eigenvalue weighted by Gasteiger charge is 2.20. The SMILES string of the molecule is C1=CC(c2nc(C3=CCC(c4ccccc4)C=C3)nc(-c3cccc(-c4cccc(-c5cccc(-c6cc(C7=NC(c8ccccc8)=NC(c8ccccc8)=CC7)cc(-c7ccccc7)c6)c5)c4)c3)n2)=CCC1. The van der Waals surface area contributed by atoms with Gasteiger partial charge in [0.25, 0.3) is 0 Å². The first-order valence-electron chi connectivity index (χ1n) is 25.2. The van der Waals surface area contributed by atoms with Crippen molar-refractivity contribution in [3.63, 3.8) is 0 Å². The summed E-state index contributed by atoms with van der Waals surface area (Å²) in [5.41, 5.74) is 18.3. The molecule has 2 aliphatic carbocycles. The number of rotatable bonds is 11. The van der Waals surface area contributed by atoms with Gasteiger partial charge in [-0.25, -0.2) is 24.9 Å². The fourth-order valence-electron chi connectivity index (χ4n) is 9.87. The Balaban J connectivity index is 0.879. The number of allylic oxidation sites excluding steroid dienone is 9. The summed E-state index contributed by atoms with van der Waals surface area (Å²) in [6, 6.07) is 75.1. The van der Waals surface area contributed by atoms with Gasteiger partial charge in [-0.1, -0.05) is 218 Å². The molecule has 2 heterocycles. The van der Waals surface area contributed by atoms with Crippen molar-refractivity contribution in [3.05, 3.63) is 289 Å². The number of hydrogen-bond acceptors (Lipinski definition) is 5. The summed E-state index contributed by atoms with van der Waals surface area (Å²) in [7, 11) is 0. The Hall–Kier alpha value is -9.19. The van der Waals surface area contributed by atoms with E-state index >= 15 is 0 Å². The zero-order valence-corrected chi connectivity index (χ0v) is 40.4. The number of amidine groups is 1. The first kappa shape index (κ1) is 45.0. The fraction of sp³-hybridized carbons (Fsp3) is 0.0735. The summed E-state index contributed by atoms with van der Waals surface area (Å²) in [5, 5.41) is 0. The van der Waals surface area contributed by atoms with E-state index in [9.17, 15) is 0 Å². The second-order valence-corrected chi connectivity index (χ2v) is 18.6. The Morgan fingerprint density at radius 1 is 0.342 bits per heavy atom. The summed E-state index contributed by atoms with van der Waals surface area (Å²) in [6.07, 6.45) is 19.0. The molecular formula is C68H51N5. The number of aliphatic imine (C=N–C) groups is 2. The van der Waals surface area contributed by atoms with Crippen LogP contribution in [0.3, 0.4) is 0 Å². The van der Waals surface area contributed by atoms with Crippen LogP contribution in [0.2, 0.25) is 0 Å². The Labute approximate surface area is 427 Å². The van der Waals surface area contributed by atoms with Gasteiger partial charge >= 0.3 is 0 Å². The molecule has 0 saturated heterocycles. The molecule has 8 aromatic carbocycles. The molecule has 9 aromatic rings. The second kappa shape index (κ2) is 20.6. The number of hydrogen-bond donors (Lipinski definition) is 0. The van der Waals surface area contributed by atoms with E-state index in [1.807, 2.05) is 24.3 Å². The van der Waals surface area contributed by atoms with E-state index in [4.69, 9.17) is 24.9 Å². The molecule has 1 unspecified atom stereocenters. The van der Waals surface area contributed by atoms with Gasteiger partial charge < -0.3 is 0 Å². The molecule has 1 atom stereocenters. The minimum absolute atomic E-state index is 0.326. The first-order chi connectivity index (χ1) is 36.1. The minimum Gasteiger partial charge on any atom is -0.232 e. The van der Waals surface area contributed by atoms with Crippen LogP contribution in [0.15, 0.2) is 265 Å². The highest BCUT2D eigenvalue weighted by Crippen LogP contribution is 2.36. The van der Waals surface area contributed by atoms with Crippen LogP contribution < -0.4 is 0 Å². The van der Waals surface area contributed by atoms with Gasteiger partial charge in [0.1, 0.15) is 0 Å². The molecule has 73 heavy (non-hydrogen) atoms. The largest absolute Gasteiger partial charge is 0.232 e. The summed E-state index contributed by atoms with van der Waals surface area (Å²) in [6.45, 7) is 0. The average molecular weight is 938 g/mol. The molecule has 348 valence electrons. The lowest BCUT2D eigenvalue weighted by atomic mass is 9.90. The zero-order valence-electron chi connectivity index (χ0n) is 40.4. The molecular weight excluding hydrogens is 887 g/mol. The number of nitrogens with zero attached hydrogens (tertiary/aromatic N) is 5. The predicted octanol–water partition coefficient (Wildman–Crippen LogP) is 16.7. The van der Waals surface area contributed by atoms with Crippen molar-refractivity contribution in [2.24, 2.45) is 9.98 Å². The smallest absolute Gasteiger partial charge is 0.164 e. The quantitative estimate of drug-likeness (QED) is 0.130. The van der Waals surface area contributed by atoms with Gasteiger partial charge in [0.2, 0.25) is 0 Å². The number of benzene rings is 8. The highest BCUT2D eigenvalue weighted by molar-refractivity contribution is 6.16. The van der Waals surface area contributed by atoms with Gasteiger partial charge in [-0.05, 0) is 117 Å². The molecule has 5 nitrogen and oxygen atoms in total. The van der Waals surface area contributed by atoms with Crippen LogP contribution >= 0.6 is 0 Å². The van der Waals surface area contributed by atoms with Crippen LogP contribution in [0, 0.1) is 0 Å². The summed E-state index contributed by atoms with van der Waals surface area (Å²) in [5.74, 6) is 3.08. The van der Waals surface area contributed by atoms with Crippen LogP contribution in [0.25, 0.3) is 72.7 Å². The van der Waals surface area contributed by atoms with Gasteiger partial charge in [-0.15, -0.1) is 0 Å². The average Bonchev–Trinajstić information content (AvgIpc) is 3.72. The monoisotopic (exact) mass is 937 g/mol. The predicted molar refractivity (Wildman–Crippen MR) is 303 cm³/mol. The second-order valence-electron chi connectivity index (χ2n) is 18.6. The Kier molecular flexibility index (Phi) is 12.7. The van der Waals surface area contributed by atoms with Crippen molar-refractivity contribution in [1.29, 1.82) is 0 Å². The number of aromatic nitrogens is 3. The molecule has 3 aliphatic rings. The van der Waals surface area contributed by atoms with E-state index in [1.165, 1.54) is 5.56 Å². The van der Waals surface area contributed by atoms with E-state index < -0.39 is 0 Å². The first-order valence-corrected chi connectivity index (χ1v) is 25.2. The van der Waals surface area contributed by atoms with Crippen molar-refractivity contribution in [3.8, 4) is 55.9 Å². The highest BCUT2D eigenvalue weighted by atomic mass is 15.0. The lowest BCUT2D eigenvalue weighted by Gasteiger charge is -2.17. The van der Waals surface area contributed by atoms with Crippen molar-refractivity contribution in [2.45, 2.75) is 31.6 Å². The third-order valence-electron chi connectivity index (χ3n) is 13.8. The Morgan fingerprint density at radius 3 is 1.41 bits per heavy atom. The molecule has 5 heteroatoms. The lowest BCUT2D eigenvalue weighted by Crippen LogP contribution is -2.06. The minimum atomic E-state index is 0.326. The van der Waals surface area contributed by atoms with E-state index in [-0.39, 0.29) is 0 Å². The maximum atomic E-state index is 5.35. The Bertz CT molecular complexity index is 3710. The van der Waals surface area contributed by atoms with Crippen molar-refractivity contribution in [2.75, 3.05) is 0 Å². The van der Waals surface area contributed by atoms with Crippen LogP contribution in [0.1, 0.15) is 65.5 Å². The molecule has 0 amide bonds.